The van der Waals surface area contributed by atoms with Gasteiger partial charge in [0.2, 0.25) is 5.82 Å². The number of aromatic hydroxyl groups is 1. The van der Waals surface area contributed by atoms with Crippen LogP contribution >= 0.6 is 0 Å². The van der Waals surface area contributed by atoms with Crippen LogP contribution in [0, 0.1) is 23.4 Å². The highest BCUT2D eigenvalue weighted by Gasteiger charge is 2.27. The largest absolute Gasteiger partial charge is 0.503 e. The first-order valence-electron chi connectivity index (χ1n) is 6.24. The van der Waals surface area contributed by atoms with Crippen molar-refractivity contribution in [1.29, 1.82) is 0 Å². The lowest BCUT2D eigenvalue weighted by Gasteiger charge is -2.15. The lowest BCUT2D eigenvalue weighted by Crippen LogP contribution is -2.33. The van der Waals surface area contributed by atoms with Crippen LogP contribution < -0.4 is 5.32 Å². The SMILES string of the molecule is O=C(NCC1CCCC1O)c1cc(F)c(F)c(O)c1F. The van der Waals surface area contributed by atoms with E-state index in [4.69, 9.17) is 5.11 Å². The first-order valence-corrected chi connectivity index (χ1v) is 6.24. The van der Waals surface area contributed by atoms with Gasteiger partial charge in [-0.1, -0.05) is 6.42 Å². The summed E-state index contributed by atoms with van der Waals surface area (Å²) in [5.74, 6) is -7.36. The lowest BCUT2D eigenvalue weighted by molar-refractivity contribution is 0.0911. The number of carbonyl (C=O) groups excluding carboxylic acids is 1. The summed E-state index contributed by atoms with van der Waals surface area (Å²) in [5.41, 5.74) is -0.770. The van der Waals surface area contributed by atoms with E-state index >= 15 is 0 Å². The van der Waals surface area contributed by atoms with E-state index in [-0.39, 0.29) is 12.5 Å². The maximum atomic E-state index is 13.5. The van der Waals surface area contributed by atoms with Crippen LogP contribution in [0.5, 0.6) is 5.75 Å². The van der Waals surface area contributed by atoms with E-state index < -0.39 is 40.8 Å². The molecule has 0 aliphatic heterocycles. The number of aliphatic hydroxyl groups is 1. The molecule has 2 rings (SSSR count). The zero-order valence-corrected chi connectivity index (χ0v) is 10.5. The normalized spacial score (nSPS) is 22.0. The highest BCUT2D eigenvalue weighted by Crippen LogP contribution is 2.27. The molecule has 1 aromatic rings. The predicted molar refractivity (Wildman–Crippen MR) is 63.7 cm³/mol. The average Bonchev–Trinajstić information content (AvgIpc) is 2.83. The van der Waals surface area contributed by atoms with E-state index in [0.717, 1.165) is 12.8 Å². The van der Waals surface area contributed by atoms with E-state index in [2.05, 4.69) is 5.32 Å². The Hall–Kier alpha value is -1.76. The minimum absolute atomic E-state index is 0.110. The summed E-state index contributed by atoms with van der Waals surface area (Å²) in [5, 5.41) is 21.0. The Bertz CT molecular complexity index is 536. The molecule has 1 aliphatic rings. The van der Waals surface area contributed by atoms with Gasteiger partial charge in [0.25, 0.3) is 5.91 Å². The number of amides is 1. The molecule has 0 saturated heterocycles. The molecule has 0 heterocycles. The lowest BCUT2D eigenvalue weighted by atomic mass is 10.1. The maximum absolute atomic E-state index is 13.5. The predicted octanol–water partition coefficient (Wildman–Crippen LogP) is 1.70. The second-order valence-corrected chi connectivity index (χ2v) is 4.85. The molecule has 1 amide bonds. The second-order valence-electron chi connectivity index (χ2n) is 4.85. The minimum Gasteiger partial charge on any atom is -0.503 e. The molecule has 7 heteroatoms. The van der Waals surface area contributed by atoms with E-state index in [1.165, 1.54) is 0 Å². The fourth-order valence-electron chi connectivity index (χ4n) is 2.33. The molecule has 1 aromatic carbocycles. The van der Waals surface area contributed by atoms with Crippen molar-refractivity contribution in [3.8, 4) is 5.75 Å². The van der Waals surface area contributed by atoms with Crippen LogP contribution in [0.2, 0.25) is 0 Å². The Balaban J connectivity index is 2.10. The van der Waals surface area contributed by atoms with Crippen molar-refractivity contribution in [1.82, 2.24) is 5.32 Å². The van der Waals surface area contributed by atoms with Crippen molar-refractivity contribution >= 4 is 5.91 Å². The third-order valence-electron chi connectivity index (χ3n) is 3.52. The van der Waals surface area contributed by atoms with Crippen LogP contribution in [-0.2, 0) is 0 Å². The average molecular weight is 289 g/mol. The van der Waals surface area contributed by atoms with Crippen LogP contribution in [0.1, 0.15) is 29.6 Å². The molecule has 2 atom stereocenters. The van der Waals surface area contributed by atoms with Crippen LogP contribution in [0.25, 0.3) is 0 Å². The molecule has 4 nitrogen and oxygen atoms in total. The first-order chi connectivity index (χ1) is 9.41. The monoisotopic (exact) mass is 289 g/mol. The Kier molecular flexibility index (Phi) is 4.17. The molecule has 3 N–H and O–H groups in total. The van der Waals surface area contributed by atoms with Gasteiger partial charge in [0.1, 0.15) is 0 Å². The third-order valence-corrected chi connectivity index (χ3v) is 3.52. The number of benzene rings is 1. The second kappa shape index (κ2) is 5.70. The summed E-state index contributed by atoms with van der Waals surface area (Å²) < 4.78 is 39.5. The van der Waals surface area contributed by atoms with E-state index in [9.17, 15) is 23.1 Å². The van der Waals surface area contributed by atoms with Gasteiger partial charge in [-0.15, -0.1) is 0 Å². The molecule has 1 aliphatic carbocycles. The Morgan fingerprint density at radius 3 is 2.60 bits per heavy atom. The van der Waals surface area contributed by atoms with Gasteiger partial charge in [-0.05, 0) is 18.9 Å². The molecule has 2 unspecified atom stereocenters. The van der Waals surface area contributed by atoms with Gasteiger partial charge < -0.3 is 15.5 Å². The highest BCUT2D eigenvalue weighted by atomic mass is 19.2. The van der Waals surface area contributed by atoms with Gasteiger partial charge in [-0.2, -0.15) is 4.39 Å². The summed E-state index contributed by atoms with van der Waals surface area (Å²) in [7, 11) is 0. The number of carbonyl (C=O) groups is 1. The van der Waals surface area contributed by atoms with Gasteiger partial charge >= 0.3 is 0 Å². The van der Waals surface area contributed by atoms with E-state index in [1.807, 2.05) is 0 Å². The van der Waals surface area contributed by atoms with Crippen LogP contribution in [-0.4, -0.2) is 28.8 Å². The summed E-state index contributed by atoms with van der Waals surface area (Å²) in [6.45, 7) is 0.110. The number of nitrogens with one attached hydrogen (secondary N) is 1. The molecule has 110 valence electrons. The van der Waals surface area contributed by atoms with Crippen LogP contribution in [0.3, 0.4) is 0 Å². The van der Waals surface area contributed by atoms with Gasteiger partial charge in [0.15, 0.2) is 17.4 Å². The molecular formula is C13H14F3NO3. The molecular weight excluding hydrogens is 275 g/mol. The van der Waals surface area contributed by atoms with Crippen molar-refractivity contribution < 1.29 is 28.2 Å². The molecule has 0 radical (unpaired) electrons. The summed E-state index contributed by atoms with van der Waals surface area (Å²) in [4.78, 5) is 11.7. The smallest absolute Gasteiger partial charge is 0.254 e. The molecule has 20 heavy (non-hydrogen) atoms. The van der Waals surface area contributed by atoms with Crippen LogP contribution in [0.15, 0.2) is 6.07 Å². The van der Waals surface area contributed by atoms with Crippen molar-refractivity contribution in [3.63, 3.8) is 0 Å². The summed E-state index contributed by atoms with van der Waals surface area (Å²) in [6.07, 6.45) is 1.68. The van der Waals surface area contributed by atoms with Crippen molar-refractivity contribution in [2.75, 3.05) is 6.54 Å². The fourth-order valence-corrected chi connectivity index (χ4v) is 2.33. The first kappa shape index (κ1) is 14.6. The zero-order chi connectivity index (χ0) is 14.9. The fraction of sp³-hybridized carbons (Fsp3) is 0.462. The molecule has 0 aromatic heterocycles. The van der Waals surface area contributed by atoms with Gasteiger partial charge in [0.05, 0.1) is 11.7 Å². The molecule has 1 saturated carbocycles. The number of aliphatic hydroxyl groups excluding tert-OH is 1. The Labute approximate surface area is 113 Å². The van der Waals surface area contributed by atoms with Gasteiger partial charge in [-0.25, -0.2) is 8.78 Å². The summed E-state index contributed by atoms with van der Waals surface area (Å²) in [6, 6.07) is 0.394. The van der Waals surface area contributed by atoms with Crippen molar-refractivity contribution in [2.24, 2.45) is 5.92 Å². The van der Waals surface area contributed by atoms with Gasteiger partial charge in [0, 0.05) is 12.5 Å². The van der Waals surface area contributed by atoms with Crippen molar-refractivity contribution in [2.45, 2.75) is 25.4 Å². The van der Waals surface area contributed by atoms with Crippen molar-refractivity contribution in [3.05, 3.63) is 29.1 Å². The Morgan fingerprint density at radius 1 is 1.30 bits per heavy atom. The molecule has 0 spiro atoms. The topological polar surface area (TPSA) is 69.6 Å². The number of phenols is 1. The zero-order valence-electron chi connectivity index (χ0n) is 10.5. The molecule has 1 fully saturated rings. The third kappa shape index (κ3) is 2.72. The molecule has 0 bridgehead atoms. The van der Waals surface area contributed by atoms with E-state index in [0.29, 0.717) is 12.5 Å². The van der Waals surface area contributed by atoms with E-state index in [1.54, 1.807) is 0 Å². The van der Waals surface area contributed by atoms with Crippen LogP contribution in [0.4, 0.5) is 13.2 Å². The number of hydrogen-bond acceptors (Lipinski definition) is 3. The number of rotatable bonds is 3. The van der Waals surface area contributed by atoms with Gasteiger partial charge in [-0.3, -0.25) is 4.79 Å². The Morgan fingerprint density at radius 2 is 2.00 bits per heavy atom. The number of halogens is 3. The number of hydrogen-bond donors (Lipinski definition) is 3. The minimum atomic E-state index is -1.73. The number of phenolic OH excluding ortho intramolecular Hbond substituents is 1. The maximum Gasteiger partial charge on any atom is 0.254 e. The standard InChI is InChI=1S/C13H14F3NO3/c14-8-4-7(10(15)12(19)11(8)16)13(20)17-5-6-2-1-3-9(6)18/h4,6,9,18-19H,1-3,5H2,(H,17,20). The quantitative estimate of drug-likeness (QED) is 0.742. The highest BCUT2D eigenvalue weighted by molar-refractivity contribution is 5.95. The summed E-state index contributed by atoms with van der Waals surface area (Å²) >= 11 is 0.